The minimum atomic E-state index is 0.366. The number of Topliss-reactive ketones (excluding diaryl/α,β-unsaturated/α-hetero) is 1. The number of hydrogen-bond acceptors (Lipinski definition) is 6. The molecule has 0 radical (unpaired) electrons. The van der Waals surface area contributed by atoms with Crippen molar-refractivity contribution in [3.63, 3.8) is 0 Å². The lowest BCUT2D eigenvalue weighted by atomic mass is 10.1. The molecular formula is C29H37N5O2. The lowest BCUT2D eigenvalue weighted by molar-refractivity contribution is -0.118. The largest absolute Gasteiger partial charge is 0.496 e. The van der Waals surface area contributed by atoms with E-state index >= 15 is 0 Å². The molecule has 0 amide bonds. The second kappa shape index (κ2) is 14.1. The molecule has 36 heavy (non-hydrogen) atoms. The fraction of sp³-hybridized carbons (Fsp3) is 0.379. The molecule has 3 N–H and O–H groups in total. The summed E-state index contributed by atoms with van der Waals surface area (Å²) >= 11 is 0. The maximum absolute atomic E-state index is 11.3. The molecule has 0 unspecified atom stereocenters. The van der Waals surface area contributed by atoms with Crippen molar-refractivity contribution in [2.75, 3.05) is 7.11 Å². The smallest absolute Gasteiger partial charge is 0.132 e. The first-order chi connectivity index (χ1) is 17.5. The highest BCUT2D eigenvalue weighted by atomic mass is 16.5. The summed E-state index contributed by atoms with van der Waals surface area (Å²) in [5, 5.41) is 1.08. The van der Waals surface area contributed by atoms with Crippen molar-refractivity contribution in [3.8, 4) is 17.0 Å². The summed E-state index contributed by atoms with van der Waals surface area (Å²) in [5.41, 5.74) is 10.3. The van der Waals surface area contributed by atoms with Crippen molar-refractivity contribution in [3.05, 3.63) is 72.1 Å². The molecular weight excluding hydrogens is 450 g/mol. The van der Waals surface area contributed by atoms with E-state index in [1.807, 2.05) is 44.3 Å². The standard InChI is InChI=1S/C23H29N3O2.C6H8N2/c1-4-18(27)9-7-5-6-8-10-23-24-15-21(26-23)19-13-17-12-11-16(2)25-20(17)14-22(19)28-3;7-5-6-1-3-8-4-2-6/h11-15H,4-10H2,1-3H3,(H,24,26);1-4H,5,7H2. The van der Waals surface area contributed by atoms with Crippen LogP contribution in [0, 0.1) is 6.92 Å². The number of benzene rings is 1. The van der Waals surface area contributed by atoms with Gasteiger partial charge in [0.25, 0.3) is 0 Å². The lowest BCUT2D eigenvalue weighted by Gasteiger charge is -2.09. The van der Waals surface area contributed by atoms with Crippen LogP contribution in [0.25, 0.3) is 22.2 Å². The number of nitrogens with one attached hydrogen (secondary N) is 1. The number of fused-ring (bicyclic) bond motifs is 1. The summed E-state index contributed by atoms with van der Waals surface area (Å²) in [6.45, 7) is 4.52. The maximum atomic E-state index is 11.3. The molecule has 0 aliphatic carbocycles. The van der Waals surface area contributed by atoms with Crippen molar-refractivity contribution >= 4 is 16.7 Å². The fourth-order valence-electron chi connectivity index (χ4n) is 3.92. The van der Waals surface area contributed by atoms with Crippen LogP contribution < -0.4 is 10.5 Å². The van der Waals surface area contributed by atoms with Crippen LogP contribution >= 0.6 is 0 Å². The van der Waals surface area contributed by atoms with E-state index in [1.54, 1.807) is 19.5 Å². The van der Waals surface area contributed by atoms with E-state index in [2.05, 4.69) is 32.1 Å². The number of imidazole rings is 1. The first-order valence-electron chi connectivity index (χ1n) is 12.6. The molecule has 1 aromatic carbocycles. The molecule has 3 aromatic heterocycles. The molecule has 0 atom stereocenters. The van der Waals surface area contributed by atoms with Gasteiger partial charge >= 0.3 is 0 Å². The predicted molar refractivity (Wildman–Crippen MR) is 145 cm³/mol. The molecule has 4 aromatic rings. The van der Waals surface area contributed by atoms with Crippen LogP contribution in [0.3, 0.4) is 0 Å². The zero-order valence-electron chi connectivity index (χ0n) is 21.6. The molecule has 4 rings (SSSR count). The van der Waals surface area contributed by atoms with Crippen LogP contribution in [0.15, 0.2) is 55.0 Å². The van der Waals surface area contributed by atoms with Gasteiger partial charge in [0.05, 0.1) is 24.5 Å². The first kappa shape index (κ1) is 27.0. The van der Waals surface area contributed by atoms with Gasteiger partial charge in [-0.1, -0.05) is 25.8 Å². The zero-order chi connectivity index (χ0) is 25.8. The maximum Gasteiger partial charge on any atom is 0.132 e. The van der Waals surface area contributed by atoms with Crippen LogP contribution in [0.5, 0.6) is 5.75 Å². The number of unbranched alkanes of at least 4 members (excludes halogenated alkanes) is 3. The third kappa shape index (κ3) is 7.99. The van der Waals surface area contributed by atoms with Crippen molar-refractivity contribution < 1.29 is 9.53 Å². The summed E-state index contributed by atoms with van der Waals surface area (Å²) in [5.74, 6) is 2.15. The Kier molecular flexibility index (Phi) is 10.6. The molecule has 0 aliphatic rings. The second-order valence-corrected chi connectivity index (χ2v) is 8.81. The number of rotatable bonds is 11. The van der Waals surface area contributed by atoms with Crippen molar-refractivity contribution in [2.45, 2.75) is 65.3 Å². The van der Waals surface area contributed by atoms with Gasteiger partial charge in [0.2, 0.25) is 0 Å². The summed E-state index contributed by atoms with van der Waals surface area (Å²) in [6.07, 6.45) is 11.9. The Hall–Kier alpha value is -3.58. The molecule has 3 heterocycles. The third-order valence-corrected chi connectivity index (χ3v) is 6.07. The second-order valence-electron chi connectivity index (χ2n) is 8.81. The molecule has 7 heteroatoms. The molecule has 0 fully saturated rings. The highest BCUT2D eigenvalue weighted by molar-refractivity contribution is 5.87. The number of carbonyl (C=O) groups is 1. The normalized spacial score (nSPS) is 10.7. The summed E-state index contributed by atoms with van der Waals surface area (Å²) in [7, 11) is 1.68. The Bertz CT molecular complexity index is 1240. The van der Waals surface area contributed by atoms with Crippen LogP contribution in [0.1, 0.15) is 62.5 Å². The van der Waals surface area contributed by atoms with Gasteiger partial charge < -0.3 is 15.5 Å². The number of ether oxygens (including phenoxy) is 1. The number of carbonyl (C=O) groups excluding carboxylic acids is 1. The Labute approximate surface area is 213 Å². The van der Waals surface area contributed by atoms with Gasteiger partial charge in [0.15, 0.2) is 0 Å². The van der Waals surface area contributed by atoms with Crippen molar-refractivity contribution in [1.29, 1.82) is 0 Å². The minimum Gasteiger partial charge on any atom is -0.496 e. The molecule has 0 saturated heterocycles. The van der Waals surface area contributed by atoms with E-state index in [9.17, 15) is 4.79 Å². The average molecular weight is 488 g/mol. The molecule has 7 nitrogen and oxygen atoms in total. The van der Waals surface area contributed by atoms with E-state index in [0.717, 1.165) is 83.5 Å². The number of aryl methyl sites for hydroxylation is 2. The molecule has 0 aliphatic heterocycles. The predicted octanol–water partition coefficient (Wildman–Crippen LogP) is 5.95. The molecule has 190 valence electrons. The number of H-pyrrole nitrogens is 1. The van der Waals surface area contributed by atoms with Crippen LogP contribution in [-0.4, -0.2) is 32.8 Å². The molecule has 0 spiro atoms. The Morgan fingerprint density at radius 2 is 1.83 bits per heavy atom. The topological polar surface area (TPSA) is 107 Å². The highest BCUT2D eigenvalue weighted by Crippen LogP contribution is 2.33. The van der Waals surface area contributed by atoms with Crippen LogP contribution in [-0.2, 0) is 17.8 Å². The summed E-state index contributed by atoms with van der Waals surface area (Å²) in [4.78, 5) is 27.7. The van der Waals surface area contributed by atoms with Gasteiger partial charge in [-0.05, 0) is 49.6 Å². The average Bonchev–Trinajstić information content (AvgIpc) is 3.39. The highest BCUT2D eigenvalue weighted by Gasteiger charge is 2.12. The third-order valence-electron chi connectivity index (χ3n) is 6.07. The zero-order valence-corrected chi connectivity index (χ0v) is 21.6. The van der Waals surface area contributed by atoms with E-state index in [-0.39, 0.29) is 0 Å². The molecule has 0 bridgehead atoms. The summed E-state index contributed by atoms with van der Waals surface area (Å²) < 4.78 is 5.60. The van der Waals surface area contributed by atoms with Gasteiger partial charge in [-0.2, -0.15) is 0 Å². The van der Waals surface area contributed by atoms with Crippen molar-refractivity contribution in [1.82, 2.24) is 19.9 Å². The first-order valence-corrected chi connectivity index (χ1v) is 12.6. The number of hydrogen-bond donors (Lipinski definition) is 2. The number of aromatic nitrogens is 4. The van der Waals surface area contributed by atoms with E-state index in [4.69, 9.17) is 10.5 Å². The van der Waals surface area contributed by atoms with Gasteiger partial charge in [0, 0.05) is 60.9 Å². The van der Waals surface area contributed by atoms with Crippen molar-refractivity contribution in [2.24, 2.45) is 5.73 Å². The number of methoxy groups -OCH3 is 1. The number of nitrogens with zero attached hydrogens (tertiary/aromatic N) is 3. The summed E-state index contributed by atoms with van der Waals surface area (Å²) in [6, 6.07) is 12.0. The number of ketones is 1. The van der Waals surface area contributed by atoms with E-state index < -0.39 is 0 Å². The lowest BCUT2D eigenvalue weighted by Crippen LogP contribution is -1.95. The Balaban J connectivity index is 0.000000383. The molecule has 0 saturated carbocycles. The van der Waals surface area contributed by atoms with Gasteiger partial charge in [0.1, 0.15) is 17.4 Å². The quantitative estimate of drug-likeness (QED) is 0.253. The Morgan fingerprint density at radius 3 is 2.53 bits per heavy atom. The number of pyridine rings is 2. The van der Waals surface area contributed by atoms with Gasteiger partial charge in [-0.3, -0.25) is 14.8 Å². The van der Waals surface area contributed by atoms with E-state index in [0.29, 0.717) is 18.7 Å². The fourth-order valence-corrected chi connectivity index (χ4v) is 3.92. The van der Waals surface area contributed by atoms with Crippen LogP contribution in [0.2, 0.25) is 0 Å². The monoisotopic (exact) mass is 487 g/mol. The van der Waals surface area contributed by atoms with Gasteiger partial charge in [-0.25, -0.2) is 4.98 Å². The van der Waals surface area contributed by atoms with E-state index in [1.165, 1.54) is 0 Å². The van der Waals surface area contributed by atoms with Gasteiger partial charge in [-0.15, -0.1) is 0 Å². The number of nitrogens with two attached hydrogens (primary N) is 1. The van der Waals surface area contributed by atoms with Crippen LogP contribution in [0.4, 0.5) is 0 Å². The minimum absolute atomic E-state index is 0.366. The SMILES string of the molecule is CCC(=O)CCCCCCc1ncc(-c2cc3ccc(C)nc3cc2OC)[nH]1.NCc1ccncc1. The Morgan fingerprint density at radius 1 is 1.06 bits per heavy atom. The number of aromatic amines is 1.